The Kier molecular flexibility index (Phi) is 5.53. The van der Waals surface area contributed by atoms with Crippen LogP contribution in [-0.2, 0) is 6.42 Å². The number of benzene rings is 2. The van der Waals surface area contributed by atoms with E-state index in [1.807, 2.05) is 35.8 Å². The maximum atomic E-state index is 13.8. The summed E-state index contributed by atoms with van der Waals surface area (Å²) in [6.45, 7) is 3.89. The molecule has 2 aromatic carbocycles. The molecule has 0 aliphatic carbocycles. The van der Waals surface area contributed by atoms with Crippen LogP contribution in [0.25, 0.3) is 5.57 Å². The molecule has 0 N–H and O–H groups in total. The maximum Gasteiger partial charge on any atom is 0.185 e. The molecule has 4 rings (SSSR count). The van der Waals surface area contributed by atoms with Crippen LogP contribution in [0, 0.1) is 11.6 Å². The first-order chi connectivity index (χ1) is 14.0. The molecular weight excluding hydrogens is 390 g/mol. The highest BCUT2D eigenvalue weighted by atomic mass is 32.1. The summed E-state index contributed by atoms with van der Waals surface area (Å²) in [5.41, 5.74) is 3.98. The van der Waals surface area contributed by atoms with Crippen LogP contribution in [0.2, 0.25) is 0 Å². The number of anilines is 1. The Labute approximate surface area is 172 Å². The number of hydrogen-bond acceptors (Lipinski definition) is 4. The van der Waals surface area contributed by atoms with Gasteiger partial charge in [-0.15, -0.1) is 11.3 Å². The molecule has 0 saturated heterocycles. The lowest BCUT2D eigenvalue weighted by Gasteiger charge is -2.29. The zero-order chi connectivity index (χ0) is 20.4. The third-order valence-corrected chi connectivity index (χ3v) is 6.01. The van der Waals surface area contributed by atoms with E-state index in [9.17, 15) is 13.6 Å². The van der Waals surface area contributed by atoms with Crippen LogP contribution >= 0.6 is 11.3 Å². The van der Waals surface area contributed by atoms with Crippen LogP contribution < -0.4 is 4.90 Å². The van der Waals surface area contributed by atoms with Gasteiger partial charge in [-0.2, -0.15) is 0 Å². The van der Waals surface area contributed by atoms with Gasteiger partial charge in [0.15, 0.2) is 10.9 Å². The van der Waals surface area contributed by atoms with Gasteiger partial charge in [-0.1, -0.05) is 35.9 Å². The molecule has 0 amide bonds. The van der Waals surface area contributed by atoms with E-state index in [2.05, 4.69) is 16.8 Å². The lowest BCUT2D eigenvalue weighted by molar-refractivity contribution is 0.0985. The van der Waals surface area contributed by atoms with Crippen LogP contribution in [0.5, 0.6) is 0 Å². The number of nitrogens with zero attached hydrogens (tertiary/aromatic N) is 2. The van der Waals surface area contributed by atoms with Gasteiger partial charge in [0.25, 0.3) is 0 Å². The average molecular weight is 410 g/mol. The number of hydrogen-bond donors (Lipinski definition) is 0. The molecule has 6 heteroatoms. The summed E-state index contributed by atoms with van der Waals surface area (Å²) < 4.78 is 27.6. The van der Waals surface area contributed by atoms with E-state index in [0.717, 1.165) is 47.9 Å². The van der Waals surface area contributed by atoms with Gasteiger partial charge in [0.1, 0.15) is 11.6 Å². The predicted octanol–water partition coefficient (Wildman–Crippen LogP) is 5.53. The summed E-state index contributed by atoms with van der Waals surface area (Å²) in [4.78, 5) is 19.0. The van der Waals surface area contributed by atoms with Gasteiger partial charge in [-0.05, 0) is 42.2 Å². The fourth-order valence-electron chi connectivity index (χ4n) is 3.71. The number of Topliss-reactive ketones (excluding diaryl/α,β-unsaturated/α-hetero) is 1. The second-order valence-corrected chi connectivity index (χ2v) is 8.01. The monoisotopic (exact) mass is 410 g/mol. The summed E-state index contributed by atoms with van der Waals surface area (Å²) in [5, 5.41) is 3.02. The van der Waals surface area contributed by atoms with Gasteiger partial charge in [0, 0.05) is 31.1 Å². The minimum absolute atomic E-state index is 0.0337. The highest BCUT2D eigenvalue weighted by molar-refractivity contribution is 7.13. The fourth-order valence-corrected chi connectivity index (χ4v) is 4.38. The standard InChI is InChI=1S/C23H20F2N2OS/c1-15-14-27(23-26-10-12-29-23)11-9-18(15)17-7-5-16(6-8-17)13-21(28)22-19(24)3-2-4-20(22)25/h2-8,10,12H,9,11,13-14H2,1H3. The van der Waals surface area contributed by atoms with Crippen LogP contribution in [0.4, 0.5) is 13.9 Å². The van der Waals surface area contributed by atoms with Gasteiger partial charge < -0.3 is 4.90 Å². The van der Waals surface area contributed by atoms with E-state index < -0.39 is 23.0 Å². The van der Waals surface area contributed by atoms with E-state index in [1.54, 1.807) is 11.3 Å². The van der Waals surface area contributed by atoms with Crippen LogP contribution in [0.1, 0.15) is 34.8 Å². The zero-order valence-corrected chi connectivity index (χ0v) is 16.8. The van der Waals surface area contributed by atoms with Crippen molar-refractivity contribution in [1.82, 2.24) is 4.98 Å². The van der Waals surface area contributed by atoms with Gasteiger partial charge in [-0.25, -0.2) is 13.8 Å². The molecule has 0 bridgehead atoms. The van der Waals surface area contributed by atoms with Gasteiger partial charge in [-0.3, -0.25) is 4.79 Å². The molecule has 29 heavy (non-hydrogen) atoms. The zero-order valence-electron chi connectivity index (χ0n) is 16.0. The molecule has 3 nitrogen and oxygen atoms in total. The van der Waals surface area contributed by atoms with Crippen molar-refractivity contribution in [2.45, 2.75) is 19.8 Å². The first kappa shape index (κ1) is 19.5. The van der Waals surface area contributed by atoms with Crippen LogP contribution in [0.3, 0.4) is 0 Å². The van der Waals surface area contributed by atoms with Crippen molar-refractivity contribution in [1.29, 1.82) is 0 Å². The number of carbonyl (C=O) groups is 1. The van der Waals surface area contributed by atoms with E-state index in [0.29, 0.717) is 0 Å². The molecule has 3 aromatic rings. The lowest BCUT2D eigenvalue weighted by atomic mass is 9.93. The summed E-state index contributed by atoms with van der Waals surface area (Å²) in [6.07, 6.45) is 2.71. The molecule has 1 aliphatic heterocycles. The Hall–Kier alpha value is -2.86. The van der Waals surface area contributed by atoms with Crippen molar-refractivity contribution in [2.24, 2.45) is 0 Å². The van der Waals surface area contributed by atoms with Crippen molar-refractivity contribution in [2.75, 3.05) is 18.0 Å². The maximum absolute atomic E-state index is 13.8. The number of aromatic nitrogens is 1. The highest BCUT2D eigenvalue weighted by Crippen LogP contribution is 2.31. The first-order valence-corrected chi connectivity index (χ1v) is 10.3. The van der Waals surface area contributed by atoms with Crippen molar-refractivity contribution in [3.63, 3.8) is 0 Å². The molecule has 0 saturated carbocycles. The summed E-state index contributed by atoms with van der Waals surface area (Å²) in [7, 11) is 0. The number of ketones is 1. The normalized spacial score (nSPS) is 14.4. The third kappa shape index (κ3) is 4.12. The molecule has 0 spiro atoms. The Balaban J connectivity index is 1.48. The number of halogens is 2. The molecule has 148 valence electrons. The molecule has 0 fully saturated rings. The topological polar surface area (TPSA) is 33.2 Å². The van der Waals surface area contributed by atoms with Gasteiger partial charge in [0.05, 0.1) is 5.56 Å². The Bertz CT molecular complexity index is 1040. The van der Waals surface area contributed by atoms with Crippen molar-refractivity contribution in [3.8, 4) is 0 Å². The summed E-state index contributed by atoms with van der Waals surface area (Å²) in [6, 6.07) is 11.2. The molecule has 0 unspecified atom stereocenters. The van der Waals surface area contributed by atoms with Crippen LogP contribution in [-0.4, -0.2) is 23.9 Å². The highest BCUT2D eigenvalue weighted by Gasteiger charge is 2.20. The molecule has 0 atom stereocenters. The number of rotatable bonds is 5. The summed E-state index contributed by atoms with van der Waals surface area (Å²) >= 11 is 1.64. The minimum atomic E-state index is -0.820. The van der Waals surface area contributed by atoms with Gasteiger partial charge in [0.2, 0.25) is 0 Å². The third-order valence-electron chi connectivity index (χ3n) is 5.17. The number of carbonyl (C=O) groups excluding carboxylic acids is 1. The Morgan fingerprint density at radius 1 is 1.14 bits per heavy atom. The summed E-state index contributed by atoms with van der Waals surface area (Å²) in [5.74, 6) is -2.20. The number of thiazole rings is 1. The van der Waals surface area contributed by atoms with Crippen molar-refractivity contribution in [3.05, 3.63) is 87.9 Å². The molecule has 2 heterocycles. The SMILES string of the molecule is CC1=C(c2ccc(CC(=O)c3c(F)cccc3F)cc2)CCN(c2nccs2)C1. The molecule has 0 radical (unpaired) electrons. The van der Waals surface area contributed by atoms with Crippen molar-refractivity contribution >= 4 is 27.8 Å². The van der Waals surface area contributed by atoms with Crippen molar-refractivity contribution < 1.29 is 13.6 Å². The Morgan fingerprint density at radius 3 is 2.48 bits per heavy atom. The second-order valence-electron chi connectivity index (χ2n) is 7.14. The smallest absolute Gasteiger partial charge is 0.185 e. The van der Waals surface area contributed by atoms with E-state index in [4.69, 9.17) is 0 Å². The predicted molar refractivity (Wildman–Crippen MR) is 112 cm³/mol. The van der Waals surface area contributed by atoms with E-state index in [-0.39, 0.29) is 6.42 Å². The van der Waals surface area contributed by atoms with E-state index in [1.165, 1.54) is 17.2 Å². The van der Waals surface area contributed by atoms with Gasteiger partial charge >= 0.3 is 0 Å². The van der Waals surface area contributed by atoms with E-state index >= 15 is 0 Å². The largest absolute Gasteiger partial charge is 0.344 e. The van der Waals surface area contributed by atoms with Crippen LogP contribution in [0.15, 0.2) is 59.6 Å². The average Bonchev–Trinajstić information content (AvgIpc) is 3.23. The first-order valence-electron chi connectivity index (χ1n) is 9.42. The molecule has 1 aliphatic rings. The molecular formula is C23H20F2N2OS. The molecule has 1 aromatic heterocycles. The lowest BCUT2D eigenvalue weighted by Crippen LogP contribution is -2.30. The second kappa shape index (κ2) is 8.25. The minimum Gasteiger partial charge on any atom is -0.344 e. The quantitative estimate of drug-likeness (QED) is 0.519. The fraction of sp³-hybridized carbons (Fsp3) is 0.217. The Morgan fingerprint density at radius 2 is 1.86 bits per heavy atom.